The van der Waals surface area contributed by atoms with Crippen molar-refractivity contribution in [2.24, 2.45) is 0 Å². The van der Waals surface area contributed by atoms with E-state index in [1.165, 1.54) is 0 Å². The zero-order valence-electron chi connectivity index (χ0n) is 14.9. The molecule has 0 spiro atoms. The largest absolute Gasteiger partial charge is 0.467 e. The summed E-state index contributed by atoms with van der Waals surface area (Å²) in [4.78, 5) is 16.2. The minimum absolute atomic E-state index is 0.169. The Kier molecular flexibility index (Phi) is 5.28. The van der Waals surface area contributed by atoms with Crippen LogP contribution in [0.25, 0.3) is 0 Å². The Morgan fingerprint density at radius 1 is 1.20 bits per heavy atom. The van der Waals surface area contributed by atoms with Gasteiger partial charge in [0.25, 0.3) is 0 Å². The van der Waals surface area contributed by atoms with Gasteiger partial charge in [0.05, 0.1) is 25.0 Å². The van der Waals surface area contributed by atoms with Gasteiger partial charge in [0.15, 0.2) is 0 Å². The van der Waals surface area contributed by atoms with Gasteiger partial charge in [0, 0.05) is 31.5 Å². The number of hydrogen-bond donors (Lipinski definition) is 1. The highest BCUT2D eigenvalue weighted by molar-refractivity contribution is 5.89. The minimum Gasteiger partial charge on any atom is -0.467 e. The van der Waals surface area contributed by atoms with Crippen molar-refractivity contribution in [3.05, 3.63) is 48.4 Å². The maximum Gasteiger partial charge on any atom is 0.321 e. The molecule has 1 fully saturated rings. The summed E-state index contributed by atoms with van der Waals surface area (Å²) in [6.45, 7) is 6.36. The molecule has 2 heterocycles. The molecule has 2 aromatic rings. The Balaban J connectivity index is 1.57. The number of rotatable bonds is 4. The van der Waals surface area contributed by atoms with E-state index in [4.69, 9.17) is 9.15 Å². The summed E-state index contributed by atoms with van der Waals surface area (Å²) in [7, 11) is 1.74. The first-order chi connectivity index (χ1) is 12.0. The van der Waals surface area contributed by atoms with Crippen LogP contribution in [0.3, 0.4) is 0 Å². The Morgan fingerprint density at radius 3 is 2.48 bits per heavy atom. The summed E-state index contributed by atoms with van der Waals surface area (Å²) >= 11 is 0. The molecule has 3 rings (SSSR count). The number of ether oxygens (including phenoxy) is 1. The number of carbonyl (C=O) groups excluding carboxylic acids is 1. The lowest BCUT2D eigenvalue weighted by Crippen LogP contribution is -2.45. The van der Waals surface area contributed by atoms with Crippen LogP contribution in [0.15, 0.2) is 47.1 Å². The van der Waals surface area contributed by atoms with Crippen molar-refractivity contribution in [2.45, 2.75) is 32.6 Å². The highest BCUT2D eigenvalue weighted by Gasteiger charge is 2.22. The standard InChI is InChI=1S/C19H25N3O3/c1-14-11-22(12-15(2)25-14)17-8-6-16(7-9-17)20-19(23)21(3)13-18-5-4-10-24-18/h4-10,14-15H,11-13H2,1-3H3,(H,20,23). The average Bonchev–Trinajstić information content (AvgIpc) is 3.07. The predicted molar refractivity (Wildman–Crippen MR) is 97.9 cm³/mol. The van der Waals surface area contributed by atoms with E-state index < -0.39 is 0 Å². The van der Waals surface area contributed by atoms with Crippen LogP contribution in [-0.2, 0) is 11.3 Å². The van der Waals surface area contributed by atoms with Gasteiger partial charge in [-0.3, -0.25) is 0 Å². The molecule has 6 nitrogen and oxygen atoms in total. The zero-order chi connectivity index (χ0) is 17.8. The van der Waals surface area contributed by atoms with Crippen molar-refractivity contribution in [1.29, 1.82) is 0 Å². The molecular weight excluding hydrogens is 318 g/mol. The number of benzene rings is 1. The van der Waals surface area contributed by atoms with Gasteiger partial charge >= 0.3 is 6.03 Å². The summed E-state index contributed by atoms with van der Waals surface area (Å²) in [5.41, 5.74) is 1.92. The molecule has 0 saturated carbocycles. The van der Waals surface area contributed by atoms with Crippen molar-refractivity contribution in [1.82, 2.24) is 4.90 Å². The maximum absolute atomic E-state index is 12.3. The van der Waals surface area contributed by atoms with E-state index in [9.17, 15) is 4.79 Å². The van der Waals surface area contributed by atoms with Gasteiger partial charge in [-0.15, -0.1) is 0 Å². The molecule has 1 aliphatic heterocycles. The molecule has 25 heavy (non-hydrogen) atoms. The molecule has 134 valence electrons. The second-order valence-electron chi connectivity index (χ2n) is 6.57. The fourth-order valence-electron chi connectivity index (χ4n) is 3.07. The summed E-state index contributed by atoms with van der Waals surface area (Å²) in [6.07, 6.45) is 2.05. The normalized spacial score (nSPS) is 20.4. The third-order valence-electron chi connectivity index (χ3n) is 4.22. The number of nitrogens with zero attached hydrogens (tertiary/aromatic N) is 2. The van der Waals surface area contributed by atoms with Crippen LogP contribution in [0.5, 0.6) is 0 Å². The van der Waals surface area contributed by atoms with Crippen LogP contribution in [0, 0.1) is 0 Å². The number of nitrogens with one attached hydrogen (secondary N) is 1. The van der Waals surface area contributed by atoms with E-state index in [0.29, 0.717) is 6.54 Å². The van der Waals surface area contributed by atoms with Gasteiger partial charge in [-0.25, -0.2) is 4.79 Å². The number of morpholine rings is 1. The van der Waals surface area contributed by atoms with Crippen molar-refractivity contribution < 1.29 is 13.9 Å². The SMILES string of the molecule is CC1CN(c2ccc(NC(=O)N(C)Cc3ccco3)cc2)CC(C)O1. The Bertz CT molecular complexity index is 674. The molecule has 0 aliphatic carbocycles. The number of amides is 2. The molecule has 0 radical (unpaired) electrons. The van der Waals surface area contributed by atoms with E-state index in [0.717, 1.165) is 30.2 Å². The lowest BCUT2D eigenvalue weighted by atomic mass is 10.2. The maximum atomic E-state index is 12.3. The molecule has 1 aromatic heterocycles. The molecule has 2 atom stereocenters. The summed E-state index contributed by atoms with van der Waals surface area (Å²) in [6, 6.07) is 11.4. The summed E-state index contributed by atoms with van der Waals surface area (Å²) in [5, 5.41) is 2.90. The van der Waals surface area contributed by atoms with Gasteiger partial charge in [0.1, 0.15) is 5.76 Å². The molecular formula is C19H25N3O3. The lowest BCUT2D eigenvalue weighted by molar-refractivity contribution is -0.00521. The van der Waals surface area contributed by atoms with Gasteiger partial charge in [-0.1, -0.05) is 0 Å². The zero-order valence-corrected chi connectivity index (χ0v) is 14.9. The monoisotopic (exact) mass is 343 g/mol. The Hall–Kier alpha value is -2.47. The second-order valence-corrected chi connectivity index (χ2v) is 6.57. The highest BCUT2D eigenvalue weighted by Crippen LogP contribution is 2.22. The number of anilines is 2. The quantitative estimate of drug-likeness (QED) is 0.922. The van der Waals surface area contributed by atoms with E-state index in [-0.39, 0.29) is 18.2 Å². The molecule has 0 bridgehead atoms. The van der Waals surface area contributed by atoms with Crippen LogP contribution >= 0.6 is 0 Å². The topological polar surface area (TPSA) is 58.0 Å². The van der Waals surface area contributed by atoms with Crippen LogP contribution in [0.1, 0.15) is 19.6 Å². The van der Waals surface area contributed by atoms with Gasteiger partial charge in [-0.2, -0.15) is 0 Å². The van der Waals surface area contributed by atoms with Gasteiger partial charge < -0.3 is 24.3 Å². The van der Waals surface area contributed by atoms with E-state index in [2.05, 4.69) is 24.1 Å². The summed E-state index contributed by atoms with van der Waals surface area (Å²) in [5.74, 6) is 0.753. The molecule has 6 heteroatoms. The average molecular weight is 343 g/mol. The smallest absolute Gasteiger partial charge is 0.321 e. The van der Waals surface area contributed by atoms with Crippen LogP contribution < -0.4 is 10.2 Å². The molecule has 1 saturated heterocycles. The van der Waals surface area contributed by atoms with Crippen molar-refractivity contribution in [3.63, 3.8) is 0 Å². The number of furan rings is 1. The molecule has 1 N–H and O–H groups in total. The van der Waals surface area contributed by atoms with Gasteiger partial charge in [-0.05, 0) is 50.2 Å². The van der Waals surface area contributed by atoms with Crippen molar-refractivity contribution >= 4 is 17.4 Å². The van der Waals surface area contributed by atoms with E-state index in [1.807, 2.05) is 36.4 Å². The van der Waals surface area contributed by atoms with Crippen molar-refractivity contribution in [3.8, 4) is 0 Å². The molecule has 1 aliphatic rings. The van der Waals surface area contributed by atoms with Gasteiger partial charge in [0.2, 0.25) is 0 Å². The van der Waals surface area contributed by atoms with Crippen molar-refractivity contribution in [2.75, 3.05) is 30.4 Å². The fourth-order valence-corrected chi connectivity index (χ4v) is 3.07. The first-order valence-corrected chi connectivity index (χ1v) is 8.56. The number of urea groups is 1. The molecule has 2 unspecified atom stereocenters. The predicted octanol–water partition coefficient (Wildman–Crippen LogP) is 3.56. The first kappa shape index (κ1) is 17.4. The van der Waals surface area contributed by atoms with E-state index in [1.54, 1.807) is 18.2 Å². The third kappa shape index (κ3) is 4.54. The first-order valence-electron chi connectivity index (χ1n) is 8.56. The van der Waals surface area contributed by atoms with Crippen LogP contribution in [0.4, 0.5) is 16.2 Å². The van der Waals surface area contributed by atoms with Crippen LogP contribution in [-0.4, -0.2) is 43.3 Å². The molecule has 2 amide bonds. The minimum atomic E-state index is -0.169. The van der Waals surface area contributed by atoms with E-state index >= 15 is 0 Å². The lowest BCUT2D eigenvalue weighted by Gasteiger charge is -2.36. The summed E-state index contributed by atoms with van der Waals surface area (Å²) < 4.78 is 11.0. The Labute approximate surface area is 148 Å². The third-order valence-corrected chi connectivity index (χ3v) is 4.22. The fraction of sp³-hybridized carbons (Fsp3) is 0.421. The number of carbonyl (C=O) groups is 1. The van der Waals surface area contributed by atoms with Crippen LogP contribution in [0.2, 0.25) is 0 Å². The highest BCUT2D eigenvalue weighted by atomic mass is 16.5. The number of hydrogen-bond acceptors (Lipinski definition) is 4. The molecule has 1 aromatic carbocycles. The Morgan fingerprint density at radius 2 is 1.88 bits per heavy atom. The second kappa shape index (κ2) is 7.61.